The van der Waals surface area contributed by atoms with E-state index in [-0.39, 0.29) is 5.02 Å². The molecule has 0 aliphatic carbocycles. The molecule has 0 fully saturated rings. The number of para-hydroxylation sites is 1. The Bertz CT molecular complexity index is 1170. The highest BCUT2D eigenvalue weighted by molar-refractivity contribution is 7.92. The summed E-state index contributed by atoms with van der Waals surface area (Å²) in [4.78, 5) is 12.8. The third kappa shape index (κ3) is 5.91. The molecule has 0 aromatic heterocycles. The van der Waals surface area contributed by atoms with Crippen LogP contribution in [0, 0.1) is 0 Å². The van der Waals surface area contributed by atoms with E-state index in [4.69, 9.17) is 27.9 Å². The minimum atomic E-state index is -3.76. The molecule has 0 saturated carbocycles. The molecule has 0 heterocycles. The van der Waals surface area contributed by atoms with Gasteiger partial charge in [-0.1, -0.05) is 41.4 Å². The quantitative estimate of drug-likeness (QED) is 0.480. The monoisotopic (exact) mass is 478 g/mol. The van der Waals surface area contributed by atoms with Gasteiger partial charge in [0.2, 0.25) is 15.9 Å². The van der Waals surface area contributed by atoms with Crippen molar-refractivity contribution in [2.45, 2.75) is 13.0 Å². The summed E-state index contributed by atoms with van der Waals surface area (Å²) < 4.78 is 31.7. The number of amides is 1. The van der Waals surface area contributed by atoms with E-state index in [1.165, 1.54) is 13.0 Å². The Morgan fingerprint density at radius 1 is 0.935 bits per heavy atom. The molecule has 1 N–H and O–H groups in total. The van der Waals surface area contributed by atoms with Crippen molar-refractivity contribution in [3.63, 3.8) is 0 Å². The van der Waals surface area contributed by atoms with Crippen molar-refractivity contribution in [3.05, 3.63) is 82.8 Å². The molecule has 9 heteroatoms. The molecular formula is C22H20Cl2N2O4S. The summed E-state index contributed by atoms with van der Waals surface area (Å²) in [7, 11) is -3.76. The number of hydrogen-bond acceptors (Lipinski definition) is 4. The number of ether oxygens (including phenoxy) is 1. The van der Waals surface area contributed by atoms with Gasteiger partial charge in [0.25, 0.3) is 0 Å². The van der Waals surface area contributed by atoms with Gasteiger partial charge in [-0.15, -0.1) is 0 Å². The lowest BCUT2D eigenvalue weighted by molar-refractivity contribution is -0.116. The Morgan fingerprint density at radius 2 is 1.55 bits per heavy atom. The highest BCUT2D eigenvalue weighted by Gasteiger charge is 2.29. The van der Waals surface area contributed by atoms with Crippen molar-refractivity contribution >= 4 is 50.5 Å². The van der Waals surface area contributed by atoms with Crippen LogP contribution in [-0.2, 0) is 14.8 Å². The number of halogens is 2. The number of sulfonamides is 1. The first-order valence-corrected chi connectivity index (χ1v) is 11.8. The standard InChI is InChI=1S/C22H20Cl2N2O4S/c1-15(22(27)25-16-8-13-20(23)21(24)14-16)26(31(2,28)29)17-9-11-19(12-10-17)30-18-6-4-3-5-7-18/h3-15H,1-2H3,(H,25,27)/t15-/m0/s1. The van der Waals surface area contributed by atoms with Crippen molar-refractivity contribution in [2.75, 3.05) is 15.9 Å². The topological polar surface area (TPSA) is 75.7 Å². The molecule has 1 amide bonds. The normalized spacial score (nSPS) is 12.1. The summed E-state index contributed by atoms with van der Waals surface area (Å²) in [6, 6.07) is 19.3. The second-order valence-corrected chi connectivity index (χ2v) is 9.44. The Hall–Kier alpha value is -2.74. The first-order chi connectivity index (χ1) is 14.6. The van der Waals surface area contributed by atoms with Crippen molar-refractivity contribution in [3.8, 4) is 11.5 Å². The van der Waals surface area contributed by atoms with E-state index < -0.39 is 22.0 Å². The SMILES string of the molecule is C[C@@H](C(=O)Nc1ccc(Cl)c(Cl)c1)N(c1ccc(Oc2ccccc2)cc1)S(C)(=O)=O. The molecule has 0 unspecified atom stereocenters. The summed E-state index contributed by atoms with van der Waals surface area (Å²) in [5, 5.41) is 3.29. The number of rotatable bonds is 7. The molecule has 0 spiro atoms. The molecule has 0 saturated heterocycles. The van der Waals surface area contributed by atoms with E-state index in [1.807, 2.05) is 30.3 Å². The molecule has 0 aliphatic rings. The number of nitrogens with one attached hydrogen (secondary N) is 1. The van der Waals surface area contributed by atoms with Crippen LogP contribution in [0.5, 0.6) is 11.5 Å². The van der Waals surface area contributed by atoms with Crippen LogP contribution >= 0.6 is 23.2 Å². The van der Waals surface area contributed by atoms with E-state index in [0.29, 0.717) is 27.9 Å². The van der Waals surface area contributed by atoms with E-state index in [1.54, 1.807) is 36.4 Å². The lowest BCUT2D eigenvalue weighted by atomic mass is 10.2. The highest BCUT2D eigenvalue weighted by Crippen LogP contribution is 2.28. The zero-order chi connectivity index (χ0) is 22.6. The molecule has 3 aromatic rings. The van der Waals surface area contributed by atoms with Crippen LogP contribution < -0.4 is 14.4 Å². The summed E-state index contributed by atoms with van der Waals surface area (Å²) >= 11 is 11.9. The summed E-state index contributed by atoms with van der Waals surface area (Å²) in [6.07, 6.45) is 1.05. The minimum absolute atomic E-state index is 0.279. The maximum atomic E-state index is 12.8. The Morgan fingerprint density at radius 3 is 2.13 bits per heavy atom. The van der Waals surface area contributed by atoms with Gasteiger partial charge in [0.05, 0.1) is 22.0 Å². The van der Waals surface area contributed by atoms with Gasteiger partial charge in [0.15, 0.2) is 0 Å². The fourth-order valence-corrected chi connectivity index (χ4v) is 4.39. The van der Waals surface area contributed by atoms with Crippen LogP contribution in [0.1, 0.15) is 6.92 Å². The average Bonchev–Trinajstić information content (AvgIpc) is 2.72. The third-order valence-electron chi connectivity index (χ3n) is 4.35. The second-order valence-electron chi connectivity index (χ2n) is 6.76. The molecule has 31 heavy (non-hydrogen) atoms. The third-order valence-corrected chi connectivity index (χ3v) is 6.33. The van der Waals surface area contributed by atoms with Gasteiger partial charge in [0.1, 0.15) is 17.5 Å². The van der Waals surface area contributed by atoms with Crippen LogP contribution in [-0.4, -0.2) is 26.6 Å². The Balaban J connectivity index is 1.80. The fraction of sp³-hybridized carbons (Fsp3) is 0.136. The number of anilines is 2. The van der Waals surface area contributed by atoms with Crippen LogP contribution in [0.3, 0.4) is 0 Å². The van der Waals surface area contributed by atoms with Gasteiger partial charge >= 0.3 is 0 Å². The van der Waals surface area contributed by atoms with Gasteiger partial charge < -0.3 is 10.1 Å². The molecule has 162 valence electrons. The zero-order valence-electron chi connectivity index (χ0n) is 16.7. The maximum absolute atomic E-state index is 12.8. The summed E-state index contributed by atoms with van der Waals surface area (Å²) in [6.45, 7) is 1.50. The molecule has 0 radical (unpaired) electrons. The first kappa shape index (κ1) is 22.9. The van der Waals surface area contributed by atoms with Gasteiger partial charge in [-0.25, -0.2) is 8.42 Å². The molecule has 3 aromatic carbocycles. The van der Waals surface area contributed by atoms with Gasteiger partial charge in [-0.3, -0.25) is 9.10 Å². The van der Waals surface area contributed by atoms with Crippen LogP contribution in [0.2, 0.25) is 10.0 Å². The molecule has 6 nitrogen and oxygen atoms in total. The smallest absolute Gasteiger partial charge is 0.247 e. The largest absolute Gasteiger partial charge is 0.457 e. The highest BCUT2D eigenvalue weighted by atomic mass is 35.5. The fourth-order valence-electron chi connectivity index (χ4n) is 2.92. The van der Waals surface area contributed by atoms with Gasteiger partial charge in [0, 0.05) is 5.69 Å². The van der Waals surface area contributed by atoms with Crippen LogP contribution in [0.4, 0.5) is 11.4 Å². The molecular weight excluding hydrogens is 459 g/mol. The van der Waals surface area contributed by atoms with Crippen molar-refractivity contribution in [2.24, 2.45) is 0 Å². The summed E-state index contributed by atoms with van der Waals surface area (Å²) in [5.41, 5.74) is 0.742. The predicted octanol–water partition coefficient (Wildman–Crippen LogP) is 5.58. The van der Waals surface area contributed by atoms with Gasteiger partial charge in [-0.2, -0.15) is 0 Å². The van der Waals surface area contributed by atoms with Crippen molar-refractivity contribution < 1.29 is 17.9 Å². The summed E-state index contributed by atoms with van der Waals surface area (Å²) in [5.74, 6) is 0.675. The number of nitrogens with zero attached hydrogens (tertiary/aromatic N) is 1. The van der Waals surface area contributed by atoms with Crippen LogP contribution in [0.25, 0.3) is 0 Å². The molecule has 0 bridgehead atoms. The Kier molecular flexibility index (Phi) is 7.10. The number of benzene rings is 3. The molecule has 0 aliphatic heterocycles. The first-order valence-electron chi connectivity index (χ1n) is 9.23. The molecule has 1 atom stereocenters. The van der Waals surface area contributed by atoms with E-state index in [2.05, 4.69) is 5.32 Å². The van der Waals surface area contributed by atoms with E-state index in [9.17, 15) is 13.2 Å². The predicted molar refractivity (Wildman–Crippen MR) is 125 cm³/mol. The average molecular weight is 479 g/mol. The van der Waals surface area contributed by atoms with Crippen LogP contribution in [0.15, 0.2) is 72.8 Å². The number of carbonyl (C=O) groups is 1. The van der Waals surface area contributed by atoms with Gasteiger partial charge in [-0.05, 0) is 61.5 Å². The number of hydrogen-bond donors (Lipinski definition) is 1. The molecule has 3 rings (SSSR count). The number of carbonyl (C=O) groups excluding carboxylic acids is 1. The lowest BCUT2D eigenvalue weighted by Crippen LogP contribution is -2.45. The van der Waals surface area contributed by atoms with Crippen molar-refractivity contribution in [1.29, 1.82) is 0 Å². The van der Waals surface area contributed by atoms with Crippen molar-refractivity contribution in [1.82, 2.24) is 0 Å². The second kappa shape index (κ2) is 9.60. The maximum Gasteiger partial charge on any atom is 0.247 e. The Labute approximate surface area is 191 Å². The zero-order valence-corrected chi connectivity index (χ0v) is 19.1. The van der Waals surface area contributed by atoms with E-state index in [0.717, 1.165) is 10.6 Å². The van der Waals surface area contributed by atoms with E-state index >= 15 is 0 Å². The lowest BCUT2D eigenvalue weighted by Gasteiger charge is -2.28. The minimum Gasteiger partial charge on any atom is -0.457 e.